The van der Waals surface area contributed by atoms with Gasteiger partial charge in [0.15, 0.2) is 0 Å². The van der Waals surface area contributed by atoms with E-state index in [1.807, 2.05) is 13.8 Å². The van der Waals surface area contributed by atoms with Crippen molar-refractivity contribution in [2.45, 2.75) is 26.4 Å². The summed E-state index contributed by atoms with van der Waals surface area (Å²) in [5, 5.41) is 3.48. The van der Waals surface area contributed by atoms with E-state index in [9.17, 15) is 4.79 Å². The van der Waals surface area contributed by atoms with Gasteiger partial charge in [0.25, 0.3) is 0 Å². The minimum absolute atomic E-state index is 0.0680. The van der Waals surface area contributed by atoms with Crippen molar-refractivity contribution >= 4 is 21.8 Å². The Hall–Kier alpha value is -0.0900. The highest BCUT2D eigenvalue weighted by atomic mass is 79.9. The maximum Gasteiger partial charge on any atom is 0.220 e. The molecular weight excluding hydrogens is 222 g/mol. The fourth-order valence-corrected chi connectivity index (χ4v) is 1.14. The van der Waals surface area contributed by atoms with Crippen LogP contribution in [-0.4, -0.2) is 30.5 Å². The van der Waals surface area contributed by atoms with Gasteiger partial charge in [0, 0.05) is 24.9 Å². The Balaban J connectivity index is 3.33. The molecular formula is C8H16BrNO2. The monoisotopic (exact) mass is 237 g/mol. The van der Waals surface area contributed by atoms with E-state index >= 15 is 0 Å². The Morgan fingerprint density at radius 2 is 2.33 bits per heavy atom. The van der Waals surface area contributed by atoms with Crippen molar-refractivity contribution in [1.82, 2.24) is 5.32 Å². The first-order valence-corrected chi connectivity index (χ1v) is 5.27. The first kappa shape index (κ1) is 11.9. The Bertz CT molecular complexity index is 130. The molecule has 0 aliphatic heterocycles. The van der Waals surface area contributed by atoms with Crippen LogP contribution >= 0.6 is 15.9 Å². The summed E-state index contributed by atoms with van der Waals surface area (Å²) in [4.78, 5) is 11.0. The van der Waals surface area contributed by atoms with Crippen LogP contribution in [0.3, 0.4) is 0 Å². The molecule has 0 aliphatic rings. The minimum Gasteiger partial charge on any atom is -0.377 e. The average molecular weight is 238 g/mol. The summed E-state index contributed by atoms with van der Waals surface area (Å²) >= 11 is 3.20. The van der Waals surface area contributed by atoms with Gasteiger partial charge in [-0.05, 0) is 13.8 Å². The highest BCUT2D eigenvalue weighted by Crippen LogP contribution is 1.90. The van der Waals surface area contributed by atoms with Crippen LogP contribution in [0, 0.1) is 0 Å². The number of rotatable bonds is 6. The molecule has 0 heterocycles. The van der Waals surface area contributed by atoms with Gasteiger partial charge in [0.05, 0.1) is 6.10 Å². The van der Waals surface area contributed by atoms with Gasteiger partial charge in [-0.15, -0.1) is 0 Å². The van der Waals surface area contributed by atoms with Gasteiger partial charge in [-0.2, -0.15) is 0 Å². The van der Waals surface area contributed by atoms with Crippen molar-refractivity contribution in [1.29, 1.82) is 0 Å². The van der Waals surface area contributed by atoms with Crippen molar-refractivity contribution in [2.75, 3.05) is 18.5 Å². The highest BCUT2D eigenvalue weighted by molar-refractivity contribution is 9.09. The van der Waals surface area contributed by atoms with E-state index in [2.05, 4.69) is 21.2 Å². The predicted octanol–water partition coefficient (Wildman–Crippen LogP) is 1.31. The Labute approximate surface area is 82.0 Å². The van der Waals surface area contributed by atoms with Crippen LogP contribution in [-0.2, 0) is 9.53 Å². The van der Waals surface area contributed by atoms with Crippen LogP contribution in [0.1, 0.15) is 20.3 Å². The van der Waals surface area contributed by atoms with Crippen LogP contribution in [0.15, 0.2) is 0 Å². The van der Waals surface area contributed by atoms with E-state index in [0.29, 0.717) is 24.9 Å². The van der Waals surface area contributed by atoms with E-state index in [4.69, 9.17) is 4.74 Å². The van der Waals surface area contributed by atoms with Gasteiger partial charge < -0.3 is 10.1 Å². The molecule has 0 spiro atoms. The van der Waals surface area contributed by atoms with Gasteiger partial charge in [-0.3, -0.25) is 4.79 Å². The number of hydrogen-bond acceptors (Lipinski definition) is 2. The maximum atomic E-state index is 11.0. The van der Waals surface area contributed by atoms with Gasteiger partial charge >= 0.3 is 0 Å². The lowest BCUT2D eigenvalue weighted by Gasteiger charge is -2.11. The number of carbonyl (C=O) groups is 1. The van der Waals surface area contributed by atoms with Crippen LogP contribution in [0.2, 0.25) is 0 Å². The Kier molecular flexibility index (Phi) is 7.50. The molecule has 0 aromatic rings. The molecule has 0 saturated carbocycles. The van der Waals surface area contributed by atoms with E-state index in [1.165, 1.54) is 0 Å². The molecule has 0 bridgehead atoms. The zero-order chi connectivity index (χ0) is 9.40. The van der Waals surface area contributed by atoms with E-state index in [0.717, 1.165) is 0 Å². The summed E-state index contributed by atoms with van der Waals surface area (Å²) in [6, 6.07) is 0. The zero-order valence-corrected chi connectivity index (χ0v) is 9.19. The van der Waals surface area contributed by atoms with Gasteiger partial charge in [0.2, 0.25) is 5.91 Å². The molecule has 12 heavy (non-hydrogen) atoms. The molecule has 0 aromatic heterocycles. The normalized spacial score (nSPS) is 12.6. The second-order valence-corrected chi connectivity index (χ2v) is 3.30. The summed E-state index contributed by atoms with van der Waals surface area (Å²) in [7, 11) is 0. The minimum atomic E-state index is 0.0680. The van der Waals surface area contributed by atoms with E-state index in [1.54, 1.807) is 0 Å². The number of nitrogens with one attached hydrogen (secondary N) is 1. The zero-order valence-electron chi connectivity index (χ0n) is 7.60. The number of ether oxygens (including phenoxy) is 1. The SMILES string of the molecule is CCOC(C)CNC(=O)CCBr. The third kappa shape index (κ3) is 6.61. The summed E-state index contributed by atoms with van der Waals surface area (Å²) < 4.78 is 5.24. The van der Waals surface area contributed by atoms with Crippen molar-refractivity contribution in [3.63, 3.8) is 0 Å². The summed E-state index contributed by atoms with van der Waals surface area (Å²) in [6.45, 7) is 5.17. The van der Waals surface area contributed by atoms with Gasteiger partial charge in [-0.25, -0.2) is 0 Å². The molecule has 0 radical (unpaired) electrons. The number of hydrogen-bond donors (Lipinski definition) is 1. The lowest BCUT2D eigenvalue weighted by Crippen LogP contribution is -2.32. The molecule has 72 valence electrons. The van der Waals surface area contributed by atoms with E-state index in [-0.39, 0.29) is 12.0 Å². The number of amides is 1. The van der Waals surface area contributed by atoms with Crippen molar-refractivity contribution in [3.05, 3.63) is 0 Å². The molecule has 0 rings (SSSR count). The summed E-state index contributed by atoms with van der Waals surface area (Å²) in [5.74, 6) is 0.0680. The lowest BCUT2D eigenvalue weighted by molar-refractivity contribution is -0.121. The molecule has 0 fully saturated rings. The molecule has 0 aromatic carbocycles. The topological polar surface area (TPSA) is 38.3 Å². The average Bonchev–Trinajstić information content (AvgIpc) is 2.02. The first-order chi connectivity index (χ1) is 5.70. The summed E-state index contributed by atoms with van der Waals surface area (Å²) in [6.07, 6.45) is 0.632. The van der Waals surface area contributed by atoms with Gasteiger partial charge in [0.1, 0.15) is 0 Å². The fourth-order valence-electron chi connectivity index (χ4n) is 0.775. The molecule has 1 amide bonds. The quantitative estimate of drug-likeness (QED) is 0.708. The fraction of sp³-hybridized carbons (Fsp3) is 0.875. The maximum absolute atomic E-state index is 11.0. The largest absolute Gasteiger partial charge is 0.377 e. The van der Waals surface area contributed by atoms with Crippen molar-refractivity contribution in [2.24, 2.45) is 0 Å². The lowest BCUT2D eigenvalue weighted by atomic mass is 10.3. The summed E-state index contributed by atoms with van der Waals surface area (Å²) in [5.41, 5.74) is 0. The second-order valence-electron chi connectivity index (χ2n) is 2.51. The first-order valence-electron chi connectivity index (χ1n) is 4.15. The Morgan fingerprint density at radius 3 is 2.83 bits per heavy atom. The predicted molar refractivity (Wildman–Crippen MR) is 52.5 cm³/mol. The van der Waals surface area contributed by atoms with Crippen LogP contribution in [0.4, 0.5) is 0 Å². The Morgan fingerprint density at radius 1 is 1.67 bits per heavy atom. The molecule has 3 nitrogen and oxygen atoms in total. The number of alkyl halides is 1. The smallest absolute Gasteiger partial charge is 0.220 e. The molecule has 4 heteroatoms. The third-order valence-electron chi connectivity index (χ3n) is 1.36. The van der Waals surface area contributed by atoms with E-state index < -0.39 is 0 Å². The number of halogens is 1. The number of carbonyl (C=O) groups excluding carboxylic acids is 1. The molecule has 1 atom stereocenters. The molecule has 1 unspecified atom stereocenters. The third-order valence-corrected chi connectivity index (χ3v) is 1.76. The van der Waals surface area contributed by atoms with Crippen LogP contribution in [0.25, 0.3) is 0 Å². The molecule has 1 N–H and O–H groups in total. The molecule has 0 saturated heterocycles. The second kappa shape index (κ2) is 7.55. The van der Waals surface area contributed by atoms with Crippen LogP contribution < -0.4 is 5.32 Å². The standard InChI is InChI=1S/C8H16BrNO2/c1-3-12-7(2)6-10-8(11)4-5-9/h7H,3-6H2,1-2H3,(H,10,11). The van der Waals surface area contributed by atoms with Crippen LogP contribution in [0.5, 0.6) is 0 Å². The molecule has 0 aliphatic carbocycles. The van der Waals surface area contributed by atoms with Gasteiger partial charge in [-0.1, -0.05) is 15.9 Å². The van der Waals surface area contributed by atoms with Crippen molar-refractivity contribution in [3.8, 4) is 0 Å². The highest BCUT2D eigenvalue weighted by Gasteiger charge is 2.03. The van der Waals surface area contributed by atoms with Crippen molar-refractivity contribution < 1.29 is 9.53 Å².